The van der Waals surface area contributed by atoms with E-state index in [0.717, 1.165) is 37.0 Å². The van der Waals surface area contributed by atoms with Crippen LogP contribution in [0.5, 0.6) is 0 Å². The van der Waals surface area contributed by atoms with Crippen LogP contribution in [0.1, 0.15) is 12.6 Å². The van der Waals surface area contributed by atoms with Gasteiger partial charge < -0.3 is 10.0 Å². The van der Waals surface area contributed by atoms with Gasteiger partial charge in [-0.1, -0.05) is 0 Å². The molecule has 1 fully saturated rings. The summed E-state index contributed by atoms with van der Waals surface area (Å²) in [6.07, 6.45) is 0. The number of nitrogens with zero attached hydrogens (tertiary/aromatic N) is 3. The minimum Gasteiger partial charge on any atom is -0.480 e. The fourth-order valence-electron chi connectivity index (χ4n) is 1.94. The molecular formula is C11H17N3O2S. The van der Waals surface area contributed by atoms with Crippen molar-refractivity contribution in [3.63, 3.8) is 0 Å². The van der Waals surface area contributed by atoms with Crippen LogP contribution in [-0.4, -0.2) is 53.2 Å². The Morgan fingerprint density at radius 2 is 2.12 bits per heavy atom. The number of hydrogen-bond donors (Lipinski definition) is 1. The highest BCUT2D eigenvalue weighted by Gasteiger charge is 2.25. The fourth-order valence-corrected chi connectivity index (χ4v) is 2.80. The molecule has 0 radical (unpaired) electrons. The van der Waals surface area contributed by atoms with Gasteiger partial charge in [0.25, 0.3) is 0 Å². The van der Waals surface area contributed by atoms with Gasteiger partial charge in [-0.2, -0.15) is 0 Å². The SMILES string of the molecule is Cc1csc(N2CCN(C(C)C(=O)O)CC2)n1. The summed E-state index contributed by atoms with van der Waals surface area (Å²) < 4.78 is 0. The first-order valence-corrected chi connectivity index (χ1v) is 6.60. The van der Waals surface area contributed by atoms with E-state index in [-0.39, 0.29) is 0 Å². The molecule has 0 aliphatic carbocycles. The van der Waals surface area contributed by atoms with E-state index in [1.165, 1.54) is 0 Å². The number of carbonyl (C=O) groups is 1. The highest BCUT2D eigenvalue weighted by molar-refractivity contribution is 7.13. The standard InChI is InChI=1S/C11H17N3O2S/c1-8-7-17-11(12-8)14-5-3-13(4-6-14)9(2)10(15)16/h7,9H,3-6H2,1-2H3,(H,15,16). The summed E-state index contributed by atoms with van der Waals surface area (Å²) in [4.78, 5) is 19.6. The molecule has 0 aromatic carbocycles. The van der Waals surface area contributed by atoms with E-state index in [2.05, 4.69) is 9.88 Å². The van der Waals surface area contributed by atoms with Gasteiger partial charge in [0.2, 0.25) is 0 Å². The number of thiazole rings is 1. The maximum absolute atomic E-state index is 10.9. The summed E-state index contributed by atoms with van der Waals surface area (Å²) in [6, 6.07) is -0.393. The molecule has 0 saturated carbocycles. The zero-order valence-electron chi connectivity index (χ0n) is 10.1. The third-order valence-electron chi connectivity index (χ3n) is 3.10. The Kier molecular flexibility index (Phi) is 3.63. The van der Waals surface area contributed by atoms with Crippen LogP contribution in [0.15, 0.2) is 5.38 Å². The molecule has 1 saturated heterocycles. The lowest BCUT2D eigenvalue weighted by Gasteiger charge is -2.36. The highest BCUT2D eigenvalue weighted by Crippen LogP contribution is 2.21. The normalized spacial score (nSPS) is 19.3. The molecule has 1 aromatic rings. The average Bonchev–Trinajstić information content (AvgIpc) is 2.75. The van der Waals surface area contributed by atoms with Crippen LogP contribution >= 0.6 is 11.3 Å². The smallest absolute Gasteiger partial charge is 0.320 e. The first-order chi connectivity index (χ1) is 8.08. The first-order valence-electron chi connectivity index (χ1n) is 5.72. The molecule has 94 valence electrons. The number of hydrogen-bond acceptors (Lipinski definition) is 5. The van der Waals surface area contributed by atoms with Crippen molar-refractivity contribution >= 4 is 22.4 Å². The third kappa shape index (κ3) is 2.76. The zero-order chi connectivity index (χ0) is 12.4. The molecule has 5 nitrogen and oxygen atoms in total. The predicted molar refractivity (Wildman–Crippen MR) is 67.7 cm³/mol. The second-order valence-electron chi connectivity index (χ2n) is 4.31. The third-order valence-corrected chi connectivity index (χ3v) is 4.12. The number of aromatic nitrogens is 1. The summed E-state index contributed by atoms with van der Waals surface area (Å²) in [5.74, 6) is -0.747. The summed E-state index contributed by atoms with van der Waals surface area (Å²) in [6.45, 7) is 7.00. The molecule has 1 aliphatic heterocycles. The van der Waals surface area contributed by atoms with Gasteiger partial charge in [-0.3, -0.25) is 9.69 Å². The Balaban J connectivity index is 1.92. The average molecular weight is 255 g/mol. The Labute approximate surface area is 105 Å². The number of carboxylic acids is 1. The van der Waals surface area contributed by atoms with Crippen molar-refractivity contribution < 1.29 is 9.90 Å². The molecule has 2 heterocycles. The van der Waals surface area contributed by atoms with Gasteiger partial charge in [0.1, 0.15) is 6.04 Å². The molecule has 1 aromatic heterocycles. The van der Waals surface area contributed by atoms with E-state index in [4.69, 9.17) is 5.11 Å². The van der Waals surface area contributed by atoms with Gasteiger partial charge >= 0.3 is 5.97 Å². The molecule has 1 aliphatic rings. The minimum atomic E-state index is -0.747. The molecule has 1 N–H and O–H groups in total. The number of aliphatic carboxylic acids is 1. The minimum absolute atomic E-state index is 0.393. The molecule has 1 atom stereocenters. The Morgan fingerprint density at radius 3 is 2.59 bits per heavy atom. The molecule has 0 amide bonds. The molecule has 6 heteroatoms. The zero-order valence-corrected chi connectivity index (χ0v) is 10.9. The number of rotatable bonds is 3. The van der Waals surface area contributed by atoms with Crippen LogP contribution in [0.25, 0.3) is 0 Å². The summed E-state index contributed by atoms with van der Waals surface area (Å²) in [7, 11) is 0. The predicted octanol–water partition coefficient (Wildman–Crippen LogP) is 1.05. The van der Waals surface area contributed by atoms with Gasteiger partial charge in [-0.05, 0) is 13.8 Å². The Hall–Kier alpha value is -1.14. The van der Waals surface area contributed by atoms with E-state index in [1.54, 1.807) is 18.3 Å². The van der Waals surface area contributed by atoms with E-state index in [0.29, 0.717) is 0 Å². The van der Waals surface area contributed by atoms with Crippen LogP contribution in [0.3, 0.4) is 0 Å². The Bertz CT molecular complexity index is 399. The molecule has 0 bridgehead atoms. The molecular weight excluding hydrogens is 238 g/mol. The summed E-state index contributed by atoms with van der Waals surface area (Å²) in [5.41, 5.74) is 1.05. The van der Waals surface area contributed by atoms with Crippen molar-refractivity contribution in [2.45, 2.75) is 19.9 Å². The lowest BCUT2D eigenvalue weighted by molar-refractivity contribution is -0.142. The summed E-state index contributed by atoms with van der Waals surface area (Å²) >= 11 is 1.65. The van der Waals surface area contributed by atoms with E-state index in [1.807, 2.05) is 17.2 Å². The monoisotopic (exact) mass is 255 g/mol. The van der Waals surface area contributed by atoms with Crippen molar-refractivity contribution in [3.05, 3.63) is 11.1 Å². The largest absolute Gasteiger partial charge is 0.480 e. The van der Waals surface area contributed by atoms with E-state index < -0.39 is 12.0 Å². The van der Waals surface area contributed by atoms with Gasteiger partial charge in [0.05, 0.1) is 5.69 Å². The lowest BCUT2D eigenvalue weighted by Crippen LogP contribution is -2.51. The molecule has 1 unspecified atom stereocenters. The fraction of sp³-hybridized carbons (Fsp3) is 0.636. The lowest BCUT2D eigenvalue weighted by atomic mass is 10.2. The number of aryl methyl sites for hydroxylation is 1. The molecule has 2 rings (SSSR count). The summed E-state index contributed by atoms with van der Waals surface area (Å²) in [5, 5.41) is 12.0. The van der Waals surface area contributed by atoms with Crippen LogP contribution in [0.4, 0.5) is 5.13 Å². The highest BCUT2D eigenvalue weighted by atomic mass is 32.1. The van der Waals surface area contributed by atoms with Crippen LogP contribution < -0.4 is 4.90 Å². The molecule has 17 heavy (non-hydrogen) atoms. The number of piperazine rings is 1. The maximum Gasteiger partial charge on any atom is 0.320 e. The van der Waals surface area contributed by atoms with Crippen molar-refractivity contribution in [3.8, 4) is 0 Å². The van der Waals surface area contributed by atoms with Crippen molar-refractivity contribution in [2.24, 2.45) is 0 Å². The van der Waals surface area contributed by atoms with Crippen LogP contribution in [0, 0.1) is 6.92 Å². The van der Waals surface area contributed by atoms with Crippen LogP contribution in [0.2, 0.25) is 0 Å². The van der Waals surface area contributed by atoms with Crippen molar-refractivity contribution in [1.82, 2.24) is 9.88 Å². The van der Waals surface area contributed by atoms with Gasteiger partial charge in [-0.25, -0.2) is 4.98 Å². The number of anilines is 1. The number of carboxylic acid groups (broad SMARTS) is 1. The molecule has 0 spiro atoms. The topological polar surface area (TPSA) is 56.7 Å². The van der Waals surface area contributed by atoms with Crippen molar-refractivity contribution in [1.29, 1.82) is 0 Å². The van der Waals surface area contributed by atoms with Gasteiger partial charge in [-0.15, -0.1) is 11.3 Å². The second kappa shape index (κ2) is 5.01. The van der Waals surface area contributed by atoms with Crippen molar-refractivity contribution in [2.75, 3.05) is 31.1 Å². The van der Waals surface area contributed by atoms with Gasteiger partial charge in [0, 0.05) is 31.6 Å². The second-order valence-corrected chi connectivity index (χ2v) is 5.15. The van der Waals surface area contributed by atoms with Crippen LogP contribution in [-0.2, 0) is 4.79 Å². The first kappa shape index (κ1) is 12.3. The van der Waals surface area contributed by atoms with Gasteiger partial charge in [0.15, 0.2) is 5.13 Å². The Morgan fingerprint density at radius 1 is 1.47 bits per heavy atom. The van der Waals surface area contributed by atoms with E-state index in [9.17, 15) is 4.79 Å². The quantitative estimate of drug-likeness (QED) is 0.875. The van der Waals surface area contributed by atoms with E-state index >= 15 is 0 Å². The maximum atomic E-state index is 10.9.